The zero-order chi connectivity index (χ0) is 22.1. The van der Waals surface area contributed by atoms with Crippen molar-refractivity contribution in [3.63, 3.8) is 0 Å². The Hall–Kier alpha value is -3.16. The molecule has 0 spiro atoms. The van der Waals surface area contributed by atoms with Crippen LogP contribution in [0.4, 0.5) is 5.13 Å². The van der Waals surface area contributed by atoms with Gasteiger partial charge in [0.1, 0.15) is 11.5 Å². The molecule has 8 heteroatoms. The molecule has 0 bridgehead atoms. The molecule has 1 saturated heterocycles. The van der Waals surface area contributed by atoms with E-state index in [0.717, 1.165) is 0 Å². The van der Waals surface area contributed by atoms with Crippen LogP contribution in [-0.2, 0) is 9.59 Å². The average molecular weight is 455 g/mol. The number of halogens is 1. The Morgan fingerprint density at radius 2 is 1.94 bits per heavy atom. The molecule has 0 saturated carbocycles. The van der Waals surface area contributed by atoms with Gasteiger partial charge in [0.2, 0.25) is 0 Å². The minimum absolute atomic E-state index is 0.00546. The van der Waals surface area contributed by atoms with Crippen LogP contribution in [0.15, 0.2) is 65.7 Å². The second-order valence-electron chi connectivity index (χ2n) is 7.23. The summed E-state index contributed by atoms with van der Waals surface area (Å²) in [6.45, 7) is 3.83. The van der Waals surface area contributed by atoms with E-state index in [0.29, 0.717) is 27.0 Å². The van der Waals surface area contributed by atoms with Crippen molar-refractivity contribution in [3.8, 4) is 5.75 Å². The number of aromatic nitrogens is 1. The van der Waals surface area contributed by atoms with Crippen molar-refractivity contribution in [2.75, 3.05) is 4.90 Å². The molecule has 1 fully saturated rings. The van der Waals surface area contributed by atoms with Gasteiger partial charge in [-0.3, -0.25) is 14.5 Å². The molecule has 0 aliphatic carbocycles. The van der Waals surface area contributed by atoms with Crippen LogP contribution in [0.1, 0.15) is 31.0 Å². The number of rotatable bonds is 5. The second-order valence-corrected chi connectivity index (χ2v) is 8.54. The molecule has 0 unspecified atom stereocenters. The lowest BCUT2D eigenvalue weighted by Crippen LogP contribution is -2.29. The lowest BCUT2D eigenvalue weighted by atomic mass is 9.95. The maximum absolute atomic E-state index is 13.0. The van der Waals surface area contributed by atoms with E-state index in [2.05, 4.69) is 4.98 Å². The lowest BCUT2D eigenvalue weighted by molar-refractivity contribution is -0.132. The van der Waals surface area contributed by atoms with Gasteiger partial charge in [0.25, 0.3) is 5.78 Å². The van der Waals surface area contributed by atoms with E-state index < -0.39 is 17.7 Å². The number of ether oxygens (including phenoxy) is 1. The first-order chi connectivity index (χ1) is 14.9. The predicted molar refractivity (Wildman–Crippen MR) is 121 cm³/mol. The summed E-state index contributed by atoms with van der Waals surface area (Å²) < 4.78 is 5.63. The number of aliphatic hydroxyl groups is 1. The summed E-state index contributed by atoms with van der Waals surface area (Å²) in [6, 6.07) is 12.7. The Labute approximate surface area is 188 Å². The summed E-state index contributed by atoms with van der Waals surface area (Å²) >= 11 is 7.41. The normalized spacial score (nSPS) is 18.1. The van der Waals surface area contributed by atoms with Crippen molar-refractivity contribution in [2.24, 2.45) is 0 Å². The summed E-state index contributed by atoms with van der Waals surface area (Å²) in [5.41, 5.74) is 0.989. The molecule has 1 aliphatic rings. The third-order valence-corrected chi connectivity index (χ3v) is 5.74. The van der Waals surface area contributed by atoms with Gasteiger partial charge in [0.15, 0.2) is 5.13 Å². The van der Waals surface area contributed by atoms with E-state index in [1.165, 1.54) is 16.2 Å². The zero-order valence-electron chi connectivity index (χ0n) is 16.8. The van der Waals surface area contributed by atoms with E-state index in [1.807, 2.05) is 13.8 Å². The number of Topliss-reactive ketones (excluding diaryl/α,β-unsaturated/α-hetero) is 1. The lowest BCUT2D eigenvalue weighted by Gasteiger charge is -2.23. The molecular weight excluding hydrogens is 436 g/mol. The maximum Gasteiger partial charge on any atom is 0.301 e. The number of amides is 1. The third kappa shape index (κ3) is 4.06. The second kappa shape index (κ2) is 8.53. The molecular formula is C23H19ClN2O4S. The first-order valence-electron chi connectivity index (χ1n) is 9.60. The monoisotopic (exact) mass is 454 g/mol. The van der Waals surface area contributed by atoms with Crippen molar-refractivity contribution in [1.29, 1.82) is 0 Å². The van der Waals surface area contributed by atoms with E-state index in [9.17, 15) is 14.7 Å². The minimum atomic E-state index is -0.851. The number of hydrogen-bond donors (Lipinski definition) is 1. The molecule has 1 aromatic heterocycles. The number of anilines is 1. The van der Waals surface area contributed by atoms with E-state index in [4.69, 9.17) is 16.3 Å². The molecule has 1 aliphatic heterocycles. The highest BCUT2D eigenvalue weighted by Crippen LogP contribution is 2.43. The summed E-state index contributed by atoms with van der Waals surface area (Å²) in [6.07, 6.45) is 1.56. The smallest absolute Gasteiger partial charge is 0.301 e. The topological polar surface area (TPSA) is 79.7 Å². The van der Waals surface area contributed by atoms with Gasteiger partial charge in [0, 0.05) is 22.2 Å². The molecule has 158 valence electrons. The van der Waals surface area contributed by atoms with Gasteiger partial charge in [0.05, 0.1) is 17.7 Å². The molecule has 2 aromatic carbocycles. The summed E-state index contributed by atoms with van der Waals surface area (Å²) in [4.78, 5) is 31.5. The fraction of sp³-hybridized carbons (Fsp3) is 0.174. The number of thiazole rings is 1. The standard InChI is InChI=1S/C23H19ClN2O4S/c1-13(2)30-17-8-6-14(7-9-17)20(27)18-19(15-4-3-5-16(24)12-15)26(22(29)21(18)28)23-25-10-11-31-23/h3-13,19,27H,1-2H3/b20-18+/t19-/m0/s1. The van der Waals surface area contributed by atoms with Gasteiger partial charge in [-0.1, -0.05) is 23.7 Å². The largest absolute Gasteiger partial charge is 0.507 e. The van der Waals surface area contributed by atoms with Crippen LogP contribution in [0, 0.1) is 0 Å². The van der Waals surface area contributed by atoms with Crippen LogP contribution in [0.25, 0.3) is 5.76 Å². The molecule has 3 aromatic rings. The number of carbonyl (C=O) groups is 2. The summed E-state index contributed by atoms with van der Waals surface area (Å²) in [5.74, 6) is -1.15. The molecule has 31 heavy (non-hydrogen) atoms. The van der Waals surface area contributed by atoms with Gasteiger partial charge in [-0.15, -0.1) is 11.3 Å². The summed E-state index contributed by atoms with van der Waals surface area (Å²) in [5, 5.41) is 13.6. The number of hydrogen-bond acceptors (Lipinski definition) is 6. The predicted octanol–water partition coefficient (Wildman–Crippen LogP) is 5.21. The Balaban J connectivity index is 1.85. The quantitative estimate of drug-likeness (QED) is 0.325. The minimum Gasteiger partial charge on any atom is -0.507 e. The van der Waals surface area contributed by atoms with Gasteiger partial charge in [-0.25, -0.2) is 4.98 Å². The highest BCUT2D eigenvalue weighted by molar-refractivity contribution is 7.14. The summed E-state index contributed by atoms with van der Waals surface area (Å²) in [7, 11) is 0. The van der Waals surface area contributed by atoms with Gasteiger partial charge >= 0.3 is 5.91 Å². The van der Waals surface area contributed by atoms with Crippen LogP contribution in [-0.4, -0.2) is 27.9 Å². The first kappa shape index (κ1) is 21.1. The van der Waals surface area contributed by atoms with Crippen molar-refractivity contribution < 1.29 is 19.4 Å². The molecule has 4 rings (SSSR count). The molecule has 1 amide bonds. The number of carbonyl (C=O) groups excluding carboxylic acids is 2. The fourth-order valence-corrected chi connectivity index (χ4v) is 4.34. The SMILES string of the molecule is CC(C)Oc1ccc(/C(O)=C2\C(=O)C(=O)N(c3nccs3)[C@H]2c2cccc(Cl)c2)cc1. The molecule has 2 heterocycles. The van der Waals surface area contributed by atoms with E-state index in [1.54, 1.807) is 60.1 Å². The number of benzene rings is 2. The highest BCUT2D eigenvalue weighted by Gasteiger charge is 2.48. The molecule has 6 nitrogen and oxygen atoms in total. The van der Waals surface area contributed by atoms with Gasteiger partial charge in [-0.2, -0.15) is 0 Å². The average Bonchev–Trinajstić information content (AvgIpc) is 3.35. The van der Waals surface area contributed by atoms with Crippen LogP contribution in [0.2, 0.25) is 5.02 Å². The third-order valence-electron chi connectivity index (χ3n) is 4.73. The number of aliphatic hydroxyl groups excluding tert-OH is 1. The first-order valence-corrected chi connectivity index (χ1v) is 10.9. The van der Waals surface area contributed by atoms with Crippen LogP contribution < -0.4 is 9.64 Å². The Morgan fingerprint density at radius 3 is 2.55 bits per heavy atom. The maximum atomic E-state index is 13.0. The Morgan fingerprint density at radius 1 is 1.19 bits per heavy atom. The molecule has 0 radical (unpaired) electrons. The molecule has 1 N–H and O–H groups in total. The van der Waals surface area contributed by atoms with Crippen LogP contribution in [0.3, 0.4) is 0 Å². The zero-order valence-corrected chi connectivity index (χ0v) is 18.4. The van der Waals surface area contributed by atoms with Crippen LogP contribution >= 0.6 is 22.9 Å². The van der Waals surface area contributed by atoms with Crippen molar-refractivity contribution >= 4 is 45.5 Å². The Kier molecular flexibility index (Phi) is 5.80. The van der Waals surface area contributed by atoms with Crippen molar-refractivity contribution in [2.45, 2.75) is 26.0 Å². The fourth-order valence-electron chi connectivity index (χ4n) is 3.48. The number of ketones is 1. The van der Waals surface area contributed by atoms with Crippen molar-refractivity contribution in [1.82, 2.24) is 4.98 Å². The van der Waals surface area contributed by atoms with E-state index in [-0.39, 0.29) is 17.4 Å². The molecule has 1 atom stereocenters. The van der Waals surface area contributed by atoms with E-state index >= 15 is 0 Å². The highest BCUT2D eigenvalue weighted by atomic mass is 35.5. The Bertz CT molecular complexity index is 1160. The van der Waals surface area contributed by atoms with Crippen LogP contribution in [0.5, 0.6) is 5.75 Å². The van der Waals surface area contributed by atoms with Crippen molar-refractivity contribution in [3.05, 3.63) is 81.8 Å². The number of nitrogens with zero attached hydrogens (tertiary/aromatic N) is 2. The van der Waals surface area contributed by atoms with Gasteiger partial charge < -0.3 is 9.84 Å². The van der Waals surface area contributed by atoms with Gasteiger partial charge in [-0.05, 0) is 55.8 Å².